The highest BCUT2D eigenvalue weighted by Crippen LogP contribution is 2.36. The number of carboxylic acids is 1. The summed E-state index contributed by atoms with van der Waals surface area (Å²) in [6, 6.07) is 21.4. The van der Waals surface area contributed by atoms with Crippen LogP contribution in [0, 0.1) is 0 Å². The summed E-state index contributed by atoms with van der Waals surface area (Å²) in [5, 5.41) is 12.5. The van der Waals surface area contributed by atoms with Crippen LogP contribution in [0.25, 0.3) is 22.4 Å². The van der Waals surface area contributed by atoms with E-state index < -0.39 is 5.97 Å². The SMILES string of the molecule is CC(C)(C)c1ccc(CNC(=O)c2cccc(-c3nc4cc(C(=O)O)ccc4n3C3CCCCC3)c2)cc1. The van der Waals surface area contributed by atoms with Crippen molar-refractivity contribution in [2.24, 2.45) is 0 Å². The Hall–Kier alpha value is -3.93. The Balaban J connectivity index is 1.43. The average Bonchev–Trinajstić information content (AvgIpc) is 3.31. The monoisotopic (exact) mass is 509 g/mol. The molecule has 196 valence electrons. The minimum atomic E-state index is -0.965. The second-order valence-electron chi connectivity index (χ2n) is 11.3. The Kier molecular flexibility index (Phi) is 7.06. The number of fused-ring (bicyclic) bond motifs is 1. The summed E-state index contributed by atoms with van der Waals surface area (Å²) in [5.41, 5.74) is 5.65. The molecule has 0 bridgehead atoms. The Morgan fingerprint density at radius 1 is 0.947 bits per heavy atom. The van der Waals surface area contributed by atoms with E-state index in [2.05, 4.69) is 54.9 Å². The van der Waals surface area contributed by atoms with Crippen LogP contribution in [-0.4, -0.2) is 26.5 Å². The fourth-order valence-corrected chi connectivity index (χ4v) is 5.35. The number of aromatic carboxylic acids is 1. The first-order valence-corrected chi connectivity index (χ1v) is 13.4. The van der Waals surface area contributed by atoms with Crippen molar-refractivity contribution in [3.05, 3.63) is 89.0 Å². The van der Waals surface area contributed by atoms with Crippen molar-refractivity contribution < 1.29 is 14.7 Å². The van der Waals surface area contributed by atoms with Crippen molar-refractivity contribution in [2.45, 2.75) is 70.9 Å². The smallest absolute Gasteiger partial charge is 0.335 e. The van der Waals surface area contributed by atoms with Gasteiger partial charge in [-0.05, 0) is 59.7 Å². The second kappa shape index (κ2) is 10.4. The third kappa shape index (κ3) is 5.35. The first-order valence-electron chi connectivity index (χ1n) is 13.4. The molecule has 4 aromatic rings. The van der Waals surface area contributed by atoms with E-state index in [4.69, 9.17) is 4.98 Å². The van der Waals surface area contributed by atoms with Crippen LogP contribution in [0.3, 0.4) is 0 Å². The van der Waals surface area contributed by atoms with Gasteiger partial charge in [-0.15, -0.1) is 0 Å². The van der Waals surface area contributed by atoms with Crippen LogP contribution in [0.4, 0.5) is 0 Å². The Bertz CT molecular complexity index is 1470. The molecule has 0 spiro atoms. The molecule has 2 N–H and O–H groups in total. The first-order chi connectivity index (χ1) is 18.2. The van der Waals surface area contributed by atoms with Gasteiger partial charge < -0.3 is 15.0 Å². The van der Waals surface area contributed by atoms with E-state index in [9.17, 15) is 14.7 Å². The third-order valence-corrected chi connectivity index (χ3v) is 7.53. The van der Waals surface area contributed by atoms with Crippen LogP contribution < -0.4 is 5.32 Å². The van der Waals surface area contributed by atoms with E-state index >= 15 is 0 Å². The summed E-state index contributed by atoms with van der Waals surface area (Å²) < 4.78 is 2.26. The molecule has 1 fully saturated rings. The lowest BCUT2D eigenvalue weighted by Crippen LogP contribution is -2.23. The summed E-state index contributed by atoms with van der Waals surface area (Å²) in [5.74, 6) is -0.325. The minimum absolute atomic E-state index is 0.0888. The molecule has 1 amide bonds. The molecule has 5 rings (SSSR count). The van der Waals surface area contributed by atoms with Gasteiger partial charge >= 0.3 is 5.97 Å². The van der Waals surface area contributed by atoms with Crippen LogP contribution in [0.5, 0.6) is 0 Å². The maximum absolute atomic E-state index is 13.1. The van der Waals surface area contributed by atoms with Gasteiger partial charge in [-0.3, -0.25) is 4.79 Å². The standard InChI is InChI=1S/C32H35N3O3/c1-32(2,3)25-15-12-21(13-16-25)20-33-30(36)23-9-7-8-22(18-23)29-34-27-19-24(31(37)38)14-17-28(27)35(29)26-10-5-4-6-11-26/h7-9,12-19,26H,4-6,10-11,20H2,1-3H3,(H,33,36)(H,37,38). The van der Waals surface area contributed by atoms with Crippen molar-refractivity contribution in [3.63, 3.8) is 0 Å². The van der Waals surface area contributed by atoms with Crippen LogP contribution >= 0.6 is 0 Å². The molecule has 0 unspecified atom stereocenters. The van der Waals surface area contributed by atoms with Gasteiger partial charge in [0.05, 0.1) is 16.6 Å². The van der Waals surface area contributed by atoms with Gasteiger partial charge in [-0.1, -0.05) is 76.4 Å². The highest BCUT2D eigenvalue weighted by atomic mass is 16.4. The molecular weight excluding hydrogens is 474 g/mol. The highest BCUT2D eigenvalue weighted by Gasteiger charge is 2.23. The number of carboxylic acid groups (broad SMARTS) is 1. The van der Waals surface area contributed by atoms with Crippen molar-refractivity contribution >= 4 is 22.9 Å². The molecule has 6 nitrogen and oxygen atoms in total. The Morgan fingerprint density at radius 2 is 1.68 bits per heavy atom. The van der Waals surface area contributed by atoms with E-state index in [0.717, 1.165) is 48.2 Å². The quantitative estimate of drug-likeness (QED) is 0.289. The summed E-state index contributed by atoms with van der Waals surface area (Å²) in [6.07, 6.45) is 5.68. The van der Waals surface area contributed by atoms with Gasteiger partial charge in [-0.25, -0.2) is 9.78 Å². The van der Waals surface area contributed by atoms with Gasteiger partial charge in [-0.2, -0.15) is 0 Å². The number of hydrogen-bond acceptors (Lipinski definition) is 3. The number of imidazole rings is 1. The molecule has 0 saturated heterocycles. The number of benzene rings is 3. The molecule has 1 saturated carbocycles. The van der Waals surface area contributed by atoms with Gasteiger partial charge in [0, 0.05) is 23.7 Å². The number of rotatable bonds is 6. The molecule has 6 heteroatoms. The zero-order chi connectivity index (χ0) is 26.9. The van der Waals surface area contributed by atoms with Crippen LogP contribution in [0.15, 0.2) is 66.7 Å². The van der Waals surface area contributed by atoms with Crippen molar-refractivity contribution in [2.75, 3.05) is 0 Å². The maximum Gasteiger partial charge on any atom is 0.335 e. The second-order valence-corrected chi connectivity index (χ2v) is 11.3. The number of hydrogen-bond donors (Lipinski definition) is 2. The van der Waals surface area contributed by atoms with Gasteiger partial charge in [0.25, 0.3) is 5.91 Å². The lowest BCUT2D eigenvalue weighted by molar-refractivity contribution is 0.0696. The molecule has 1 aromatic heterocycles. The predicted octanol–water partition coefficient (Wildman–Crippen LogP) is 7.13. The number of carbonyl (C=O) groups excluding carboxylic acids is 1. The number of aromatic nitrogens is 2. The number of carbonyl (C=O) groups is 2. The average molecular weight is 510 g/mol. The number of nitrogens with one attached hydrogen (secondary N) is 1. The molecule has 0 atom stereocenters. The largest absolute Gasteiger partial charge is 0.478 e. The lowest BCUT2D eigenvalue weighted by atomic mass is 9.87. The van der Waals surface area contributed by atoms with Gasteiger partial charge in [0.1, 0.15) is 5.82 Å². The Labute approximate surface area is 223 Å². The normalized spacial score (nSPS) is 14.5. The molecule has 3 aromatic carbocycles. The van der Waals surface area contributed by atoms with E-state index in [-0.39, 0.29) is 16.9 Å². The highest BCUT2D eigenvalue weighted by molar-refractivity contribution is 5.96. The molecular formula is C32H35N3O3. The summed E-state index contributed by atoms with van der Waals surface area (Å²) in [6.45, 7) is 7.01. The lowest BCUT2D eigenvalue weighted by Gasteiger charge is -2.25. The van der Waals surface area contributed by atoms with Crippen LogP contribution in [0.2, 0.25) is 0 Å². The predicted molar refractivity (Wildman–Crippen MR) is 151 cm³/mol. The maximum atomic E-state index is 13.1. The zero-order valence-corrected chi connectivity index (χ0v) is 22.3. The topological polar surface area (TPSA) is 84.2 Å². The Morgan fingerprint density at radius 3 is 2.37 bits per heavy atom. The molecule has 0 aliphatic heterocycles. The fraction of sp³-hybridized carbons (Fsp3) is 0.344. The first kappa shape index (κ1) is 25.7. The van der Waals surface area contributed by atoms with E-state index in [1.54, 1.807) is 12.1 Å². The molecule has 38 heavy (non-hydrogen) atoms. The van der Waals surface area contributed by atoms with Crippen molar-refractivity contribution in [1.29, 1.82) is 0 Å². The summed E-state index contributed by atoms with van der Waals surface area (Å²) >= 11 is 0. The van der Waals surface area contributed by atoms with Gasteiger partial charge in [0.15, 0.2) is 0 Å². The number of nitrogens with zero attached hydrogens (tertiary/aromatic N) is 2. The molecule has 1 aliphatic rings. The summed E-state index contributed by atoms with van der Waals surface area (Å²) in [4.78, 5) is 29.6. The minimum Gasteiger partial charge on any atom is -0.478 e. The van der Waals surface area contributed by atoms with E-state index in [1.165, 1.54) is 12.0 Å². The van der Waals surface area contributed by atoms with Crippen LogP contribution in [0.1, 0.15) is 90.8 Å². The van der Waals surface area contributed by atoms with E-state index in [1.807, 2.05) is 30.3 Å². The summed E-state index contributed by atoms with van der Waals surface area (Å²) in [7, 11) is 0. The molecule has 1 heterocycles. The van der Waals surface area contributed by atoms with Crippen molar-refractivity contribution in [1.82, 2.24) is 14.9 Å². The fourth-order valence-electron chi connectivity index (χ4n) is 5.35. The van der Waals surface area contributed by atoms with Crippen molar-refractivity contribution in [3.8, 4) is 11.4 Å². The zero-order valence-electron chi connectivity index (χ0n) is 22.3. The van der Waals surface area contributed by atoms with Crippen LogP contribution in [-0.2, 0) is 12.0 Å². The molecule has 0 radical (unpaired) electrons. The third-order valence-electron chi connectivity index (χ3n) is 7.53. The van der Waals surface area contributed by atoms with E-state index in [0.29, 0.717) is 23.7 Å². The molecule has 1 aliphatic carbocycles. The van der Waals surface area contributed by atoms with Gasteiger partial charge in [0.2, 0.25) is 0 Å². The number of amides is 1.